The standard InChI is InChI=1S/C29H35N3O7S/c1-19-16-32(20(2)18-33)29(34)26-13-22(21-8-6-9-23(12-21)37-4)15-30-28(26)39-27(19)17-31(3)40(35,36)25-11-7-10-24(14-25)38-5/h6-15,19-20,27,33H,16-18H2,1-5H3/t19-,20+,27-/m0/s1. The number of carbonyl (C=O) groups excluding carboxylic acids is 1. The predicted molar refractivity (Wildman–Crippen MR) is 150 cm³/mol. The van der Waals surface area contributed by atoms with Gasteiger partial charge in [0, 0.05) is 37.3 Å². The second kappa shape index (κ2) is 12.2. The Balaban J connectivity index is 1.71. The highest BCUT2D eigenvalue weighted by atomic mass is 32.2. The smallest absolute Gasteiger partial charge is 0.259 e. The van der Waals surface area contributed by atoms with Gasteiger partial charge in [-0.15, -0.1) is 0 Å². The number of fused-ring (bicyclic) bond motifs is 1. The third kappa shape index (κ3) is 6.06. The highest BCUT2D eigenvalue weighted by Gasteiger charge is 2.36. The van der Waals surface area contributed by atoms with E-state index in [2.05, 4.69) is 4.98 Å². The topological polar surface area (TPSA) is 118 Å². The first-order valence-electron chi connectivity index (χ1n) is 12.9. The van der Waals surface area contributed by atoms with Gasteiger partial charge in [0.1, 0.15) is 23.2 Å². The van der Waals surface area contributed by atoms with Crippen molar-refractivity contribution in [2.24, 2.45) is 5.92 Å². The molecule has 2 aromatic carbocycles. The molecule has 4 rings (SSSR count). The third-order valence-corrected chi connectivity index (χ3v) is 8.93. The fourth-order valence-corrected chi connectivity index (χ4v) is 5.79. The molecule has 0 fully saturated rings. The number of carbonyl (C=O) groups is 1. The highest BCUT2D eigenvalue weighted by Crippen LogP contribution is 2.32. The van der Waals surface area contributed by atoms with Crippen LogP contribution in [0.3, 0.4) is 0 Å². The van der Waals surface area contributed by atoms with Gasteiger partial charge in [-0.2, -0.15) is 4.31 Å². The normalized spacial score (nSPS) is 18.4. The lowest BCUT2D eigenvalue weighted by molar-refractivity contribution is 0.0373. The lowest BCUT2D eigenvalue weighted by Crippen LogP contribution is -2.50. The molecule has 0 aliphatic carbocycles. The van der Waals surface area contributed by atoms with E-state index in [-0.39, 0.29) is 47.9 Å². The van der Waals surface area contributed by atoms with Gasteiger partial charge in [-0.25, -0.2) is 13.4 Å². The van der Waals surface area contributed by atoms with Crippen molar-refractivity contribution < 1.29 is 32.5 Å². The summed E-state index contributed by atoms with van der Waals surface area (Å²) in [6, 6.07) is 14.9. The van der Waals surface area contributed by atoms with Crippen LogP contribution in [-0.2, 0) is 10.0 Å². The molecular weight excluding hydrogens is 534 g/mol. The maximum absolute atomic E-state index is 13.7. The number of aliphatic hydroxyl groups excluding tert-OH is 1. The fraction of sp³-hybridized carbons (Fsp3) is 0.379. The fourth-order valence-electron chi connectivity index (χ4n) is 4.57. The Kier molecular flexibility index (Phi) is 8.97. The highest BCUT2D eigenvalue weighted by molar-refractivity contribution is 7.89. The van der Waals surface area contributed by atoms with Gasteiger partial charge < -0.3 is 24.2 Å². The molecule has 11 heteroatoms. The van der Waals surface area contributed by atoms with E-state index < -0.39 is 22.2 Å². The summed E-state index contributed by atoms with van der Waals surface area (Å²) in [5.74, 6) is 0.597. The molecule has 2 heterocycles. The molecule has 0 saturated carbocycles. The minimum atomic E-state index is -3.87. The number of hydrogen-bond acceptors (Lipinski definition) is 8. The number of methoxy groups -OCH3 is 2. The van der Waals surface area contributed by atoms with Gasteiger partial charge in [0.15, 0.2) is 0 Å². The van der Waals surface area contributed by atoms with E-state index in [4.69, 9.17) is 14.2 Å². The summed E-state index contributed by atoms with van der Waals surface area (Å²) in [7, 11) is 0.678. The van der Waals surface area contributed by atoms with E-state index in [1.54, 1.807) is 43.3 Å². The molecule has 1 aromatic heterocycles. The summed E-state index contributed by atoms with van der Waals surface area (Å²) >= 11 is 0. The molecule has 0 unspecified atom stereocenters. The molecule has 1 N–H and O–H groups in total. The van der Waals surface area contributed by atoms with Crippen molar-refractivity contribution in [1.29, 1.82) is 0 Å². The first-order chi connectivity index (χ1) is 19.1. The number of nitrogens with zero attached hydrogens (tertiary/aromatic N) is 3. The molecule has 3 aromatic rings. The van der Waals surface area contributed by atoms with Gasteiger partial charge in [-0.05, 0) is 42.8 Å². The molecule has 214 valence electrons. The van der Waals surface area contributed by atoms with Crippen molar-refractivity contribution in [3.05, 3.63) is 66.4 Å². The van der Waals surface area contributed by atoms with E-state index in [9.17, 15) is 18.3 Å². The second-order valence-corrected chi connectivity index (χ2v) is 11.9. The lowest BCUT2D eigenvalue weighted by atomic mass is 9.99. The van der Waals surface area contributed by atoms with E-state index in [0.29, 0.717) is 17.1 Å². The molecule has 1 amide bonds. The van der Waals surface area contributed by atoms with Crippen molar-refractivity contribution in [1.82, 2.24) is 14.2 Å². The number of sulfonamides is 1. The van der Waals surface area contributed by atoms with Crippen molar-refractivity contribution in [2.75, 3.05) is 41.0 Å². The van der Waals surface area contributed by atoms with E-state index in [1.807, 2.05) is 31.2 Å². The van der Waals surface area contributed by atoms with Gasteiger partial charge in [-0.1, -0.05) is 25.1 Å². The van der Waals surface area contributed by atoms with E-state index >= 15 is 0 Å². The van der Waals surface area contributed by atoms with Gasteiger partial charge in [-0.3, -0.25) is 4.79 Å². The molecule has 1 aliphatic heterocycles. The molecule has 0 saturated heterocycles. The first kappa shape index (κ1) is 29.3. The van der Waals surface area contributed by atoms with Crippen LogP contribution in [0.4, 0.5) is 0 Å². The molecule has 40 heavy (non-hydrogen) atoms. The number of aromatic nitrogens is 1. The van der Waals surface area contributed by atoms with Crippen LogP contribution in [0.15, 0.2) is 65.7 Å². The number of pyridine rings is 1. The Bertz CT molecular complexity index is 1460. The molecule has 0 bridgehead atoms. The van der Waals surface area contributed by atoms with E-state index in [0.717, 1.165) is 5.56 Å². The summed E-state index contributed by atoms with van der Waals surface area (Å²) in [6.07, 6.45) is 0.974. The average Bonchev–Trinajstić information content (AvgIpc) is 2.98. The van der Waals surface area contributed by atoms with Gasteiger partial charge in [0.2, 0.25) is 15.9 Å². The third-order valence-electron chi connectivity index (χ3n) is 7.11. The zero-order chi connectivity index (χ0) is 29.0. The number of benzene rings is 2. The summed E-state index contributed by atoms with van der Waals surface area (Å²) in [5.41, 5.74) is 1.73. The van der Waals surface area contributed by atoms with Crippen molar-refractivity contribution >= 4 is 15.9 Å². The van der Waals surface area contributed by atoms with Crippen molar-refractivity contribution in [2.45, 2.75) is 30.9 Å². The molecule has 3 atom stereocenters. The van der Waals surface area contributed by atoms with Crippen molar-refractivity contribution in [3.63, 3.8) is 0 Å². The molecule has 0 spiro atoms. The number of hydrogen-bond donors (Lipinski definition) is 1. The van der Waals surface area contributed by atoms with Gasteiger partial charge in [0.25, 0.3) is 5.91 Å². The Hall–Kier alpha value is -3.67. The summed E-state index contributed by atoms with van der Waals surface area (Å²) in [4.78, 5) is 19.9. The predicted octanol–water partition coefficient (Wildman–Crippen LogP) is 3.31. The Morgan fingerprint density at radius 2 is 1.77 bits per heavy atom. The minimum Gasteiger partial charge on any atom is -0.497 e. The average molecular weight is 570 g/mol. The zero-order valence-electron chi connectivity index (χ0n) is 23.3. The minimum absolute atomic E-state index is 0.00893. The molecule has 1 aliphatic rings. The molecular formula is C29H35N3O7S. The Labute approximate surface area is 235 Å². The SMILES string of the molecule is COc1cccc(-c2cnc3c(c2)C(=O)N([C@H](C)CO)C[C@H](C)[C@H](CN(C)S(=O)(=O)c2cccc(OC)c2)O3)c1. The van der Waals surface area contributed by atoms with Crippen molar-refractivity contribution in [3.8, 4) is 28.5 Å². The number of amides is 1. The zero-order valence-corrected chi connectivity index (χ0v) is 24.1. The first-order valence-corrected chi connectivity index (χ1v) is 14.4. The lowest BCUT2D eigenvalue weighted by Gasteiger charge is -2.37. The maximum Gasteiger partial charge on any atom is 0.259 e. The molecule has 10 nitrogen and oxygen atoms in total. The van der Waals surface area contributed by atoms with E-state index in [1.165, 1.54) is 30.6 Å². The Morgan fingerprint density at radius 1 is 1.10 bits per heavy atom. The summed E-state index contributed by atoms with van der Waals surface area (Å²) in [6.45, 7) is 3.68. The summed E-state index contributed by atoms with van der Waals surface area (Å²) in [5, 5.41) is 9.93. The van der Waals surface area contributed by atoms with Crippen LogP contribution in [0.25, 0.3) is 11.1 Å². The number of likely N-dealkylation sites (N-methyl/N-ethyl adjacent to an activating group) is 1. The summed E-state index contributed by atoms with van der Waals surface area (Å²) < 4.78 is 44.8. The van der Waals surface area contributed by atoms with Crippen LogP contribution in [0.5, 0.6) is 17.4 Å². The maximum atomic E-state index is 13.7. The van der Waals surface area contributed by atoms with Crippen LogP contribution >= 0.6 is 0 Å². The number of rotatable bonds is 9. The quantitative estimate of drug-likeness (QED) is 0.417. The Morgan fingerprint density at radius 3 is 2.45 bits per heavy atom. The monoisotopic (exact) mass is 569 g/mol. The largest absolute Gasteiger partial charge is 0.497 e. The number of aliphatic hydroxyl groups is 1. The van der Waals surface area contributed by atoms with Crippen LogP contribution in [0.1, 0.15) is 24.2 Å². The van der Waals surface area contributed by atoms with Crippen LogP contribution in [-0.4, -0.2) is 86.7 Å². The second-order valence-electron chi connectivity index (χ2n) is 9.90. The van der Waals surface area contributed by atoms with Crippen LogP contribution in [0.2, 0.25) is 0 Å². The van der Waals surface area contributed by atoms with Gasteiger partial charge in [0.05, 0.1) is 38.3 Å². The van der Waals surface area contributed by atoms with Crippen LogP contribution in [0, 0.1) is 5.92 Å². The van der Waals surface area contributed by atoms with Crippen LogP contribution < -0.4 is 14.2 Å². The van der Waals surface area contributed by atoms with Gasteiger partial charge >= 0.3 is 0 Å². The molecule has 0 radical (unpaired) electrons. The number of ether oxygens (including phenoxy) is 3.